The molecule has 0 aromatic carbocycles. The number of anilines is 1. The molecule has 1 aliphatic heterocycles. The molecule has 1 fully saturated rings. The molecule has 0 saturated carbocycles. The Hall–Kier alpha value is -3.54. The SMILES string of the molecule is Cc1nnc(C)n1-c1ccc2c(-c3nc(N[C@H]4CCCNC4)ncc3C(F)(F)F)c[nH]c2n1. The number of aromatic nitrogens is 7. The van der Waals surface area contributed by atoms with Crippen LogP contribution < -0.4 is 10.6 Å². The smallest absolute Gasteiger partial charge is 0.350 e. The third-order valence-corrected chi connectivity index (χ3v) is 5.72. The van der Waals surface area contributed by atoms with E-state index in [4.69, 9.17) is 0 Å². The van der Waals surface area contributed by atoms with Gasteiger partial charge in [0, 0.05) is 35.9 Å². The summed E-state index contributed by atoms with van der Waals surface area (Å²) in [5.74, 6) is 2.06. The van der Waals surface area contributed by atoms with E-state index >= 15 is 0 Å². The average Bonchev–Trinajstić information content (AvgIpc) is 3.35. The molecule has 1 saturated heterocycles. The maximum Gasteiger partial charge on any atom is 0.419 e. The number of H-pyrrole nitrogens is 1. The van der Waals surface area contributed by atoms with Crippen LogP contribution >= 0.6 is 0 Å². The summed E-state index contributed by atoms with van der Waals surface area (Å²) < 4.78 is 43.2. The number of rotatable bonds is 4. The molecule has 4 aromatic heterocycles. The zero-order valence-corrected chi connectivity index (χ0v) is 18.0. The van der Waals surface area contributed by atoms with E-state index in [-0.39, 0.29) is 17.7 Å². The highest BCUT2D eigenvalue weighted by atomic mass is 19.4. The van der Waals surface area contributed by atoms with Crippen LogP contribution in [0.2, 0.25) is 0 Å². The first-order valence-electron chi connectivity index (χ1n) is 10.6. The van der Waals surface area contributed by atoms with Crippen molar-refractivity contribution < 1.29 is 13.2 Å². The lowest BCUT2D eigenvalue weighted by molar-refractivity contribution is -0.137. The van der Waals surface area contributed by atoms with Gasteiger partial charge >= 0.3 is 6.18 Å². The minimum atomic E-state index is -4.60. The van der Waals surface area contributed by atoms with Crippen LogP contribution in [0.4, 0.5) is 19.1 Å². The molecule has 0 amide bonds. The Morgan fingerprint density at radius 1 is 1.12 bits per heavy atom. The molecule has 1 aliphatic rings. The maximum atomic E-state index is 13.8. The molecular formula is C21H22F3N9. The topological polar surface area (TPSA) is 109 Å². The van der Waals surface area contributed by atoms with Gasteiger partial charge in [0.05, 0.1) is 5.69 Å². The van der Waals surface area contributed by atoms with E-state index in [0.29, 0.717) is 40.6 Å². The van der Waals surface area contributed by atoms with Gasteiger partial charge in [0.25, 0.3) is 0 Å². The van der Waals surface area contributed by atoms with Crippen molar-refractivity contribution in [3.05, 3.63) is 41.7 Å². The lowest BCUT2D eigenvalue weighted by atomic mass is 10.1. The zero-order valence-electron chi connectivity index (χ0n) is 18.0. The third-order valence-electron chi connectivity index (χ3n) is 5.72. The number of hydrogen-bond donors (Lipinski definition) is 3. The van der Waals surface area contributed by atoms with Crippen LogP contribution in [0.3, 0.4) is 0 Å². The van der Waals surface area contributed by atoms with E-state index in [1.165, 1.54) is 6.20 Å². The molecule has 5 heterocycles. The quantitative estimate of drug-likeness (QED) is 0.431. The number of aryl methyl sites for hydroxylation is 2. The van der Waals surface area contributed by atoms with Gasteiger partial charge in [0.2, 0.25) is 5.95 Å². The number of nitrogens with zero attached hydrogens (tertiary/aromatic N) is 6. The molecule has 1 atom stereocenters. The second-order valence-electron chi connectivity index (χ2n) is 8.04. The first-order valence-corrected chi connectivity index (χ1v) is 10.6. The molecule has 0 spiro atoms. The lowest BCUT2D eigenvalue weighted by Gasteiger charge is -2.24. The summed E-state index contributed by atoms with van der Waals surface area (Å²) in [5, 5.41) is 15.0. The van der Waals surface area contributed by atoms with Crippen molar-refractivity contribution in [2.75, 3.05) is 18.4 Å². The minimum Gasteiger partial charge on any atom is -0.350 e. The fraction of sp³-hybridized carbons (Fsp3) is 0.381. The van der Waals surface area contributed by atoms with E-state index in [2.05, 4.69) is 40.8 Å². The van der Waals surface area contributed by atoms with Crippen LogP contribution in [0.5, 0.6) is 0 Å². The van der Waals surface area contributed by atoms with Crippen LogP contribution in [0.1, 0.15) is 30.1 Å². The van der Waals surface area contributed by atoms with Crippen molar-refractivity contribution in [1.29, 1.82) is 0 Å². The molecule has 0 aliphatic carbocycles. The predicted octanol–water partition coefficient (Wildman–Crippen LogP) is 3.40. The number of piperidine rings is 1. The van der Waals surface area contributed by atoms with Crippen LogP contribution in [-0.4, -0.2) is 53.8 Å². The summed E-state index contributed by atoms with van der Waals surface area (Å²) in [7, 11) is 0. The normalized spacial score (nSPS) is 16.9. The molecular weight excluding hydrogens is 435 g/mol. The Morgan fingerprint density at radius 3 is 2.61 bits per heavy atom. The minimum absolute atomic E-state index is 0.0609. The fourth-order valence-corrected chi connectivity index (χ4v) is 4.14. The van der Waals surface area contributed by atoms with Gasteiger partial charge in [-0.1, -0.05) is 0 Å². The van der Waals surface area contributed by atoms with Crippen LogP contribution in [0.15, 0.2) is 24.5 Å². The van der Waals surface area contributed by atoms with Crippen LogP contribution in [0, 0.1) is 13.8 Å². The number of halogens is 3. The van der Waals surface area contributed by atoms with Gasteiger partial charge in [-0.3, -0.25) is 4.57 Å². The van der Waals surface area contributed by atoms with Crippen LogP contribution in [0.25, 0.3) is 28.1 Å². The van der Waals surface area contributed by atoms with E-state index in [1.54, 1.807) is 30.5 Å². The number of hydrogen-bond acceptors (Lipinski definition) is 7. The summed E-state index contributed by atoms with van der Waals surface area (Å²) in [5.41, 5.74) is -0.347. The molecule has 0 unspecified atom stereocenters. The second kappa shape index (κ2) is 8.10. The van der Waals surface area contributed by atoms with Crippen molar-refractivity contribution in [1.82, 2.24) is 40.0 Å². The highest BCUT2D eigenvalue weighted by Crippen LogP contribution is 2.38. The van der Waals surface area contributed by atoms with E-state index in [0.717, 1.165) is 25.6 Å². The van der Waals surface area contributed by atoms with Crippen molar-refractivity contribution in [2.45, 2.75) is 38.9 Å². The Labute approximate surface area is 186 Å². The maximum absolute atomic E-state index is 13.8. The largest absolute Gasteiger partial charge is 0.419 e. The number of aromatic amines is 1. The Morgan fingerprint density at radius 2 is 1.91 bits per heavy atom. The predicted molar refractivity (Wildman–Crippen MR) is 116 cm³/mol. The molecule has 4 aromatic rings. The molecule has 172 valence electrons. The van der Waals surface area contributed by atoms with Crippen molar-refractivity contribution in [2.24, 2.45) is 0 Å². The third kappa shape index (κ3) is 4.01. The summed E-state index contributed by atoms with van der Waals surface area (Å²) in [6.45, 7) is 5.25. The monoisotopic (exact) mass is 457 g/mol. The molecule has 5 rings (SSSR count). The van der Waals surface area contributed by atoms with Gasteiger partial charge in [-0.25, -0.2) is 15.0 Å². The average molecular weight is 457 g/mol. The van der Waals surface area contributed by atoms with Gasteiger partial charge in [-0.2, -0.15) is 13.2 Å². The van der Waals surface area contributed by atoms with Gasteiger partial charge in [0.15, 0.2) is 0 Å². The van der Waals surface area contributed by atoms with E-state index < -0.39 is 11.7 Å². The van der Waals surface area contributed by atoms with Gasteiger partial charge in [-0.05, 0) is 45.4 Å². The molecule has 9 nitrogen and oxygen atoms in total. The highest BCUT2D eigenvalue weighted by molar-refractivity contribution is 5.94. The number of pyridine rings is 1. The molecule has 33 heavy (non-hydrogen) atoms. The summed E-state index contributed by atoms with van der Waals surface area (Å²) in [6.07, 6.45) is -0.391. The Kier molecular flexibility index (Phi) is 5.23. The van der Waals surface area contributed by atoms with Crippen molar-refractivity contribution in [3.8, 4) is 17.1 Å². The van der Waals surface area contributed by atoms with E-state index in [1.807, 2.05) is 0 Å². The standard InChI is InChI=1S/C21H22F3N9/c1-11-31-32-12(2)33(11)17-6-5-14-15(9-26-19(14)29-17)18-16(21(22,23)24)10-27-20(30-18)28-13-4-3-7-25-8-13/h5-6,9-10,13,25H,3-4,7-8H2,1-2H3,(H,26,29)(H,27,28,30)/t13-/m0/s1. The number of alkyl halides is 3. The number of fused-ring (bicyclic) bond motifs is 1. The van der Waals surface area contributed by atoms with Gasteiger partial charge in [0.1, 0.15) is 28.7 Å². The summed E-state index contributed by atoms with van der Waals surface area (Å²) >= 11 is 0. The summed E-state index contributed by atoms with van der Waals surface area (Å²) in [4.78, 5) is 15.8. The second-order valence-corrected chi connectivity index (χ2v) is 8.04. The molecule has 0 bridgehead atoms. The molecule has 0 radical (unpaired) electrons. The Balaban J connectivity index is 1.58. The fourth-order valence-electron chi connectivity index (χ4n) is 4.14. The zero-order chi connectivity index (χ0) is 23.2. The molecule has 3 N–H and O–H groups in total. The highest BCUT2D eigenvalue weighted by Gasteiger charge is 2.36. The van der Waals surface area contributed by atoms with E-state index in [9.17, 15) is 13.2 Å². The Bertz CT molecular complexity index is 1280. The van der Waals surface area contributed by atoms with Gasteiger partial charge in [-0.15, -0.1) is 10.2 Å². The molecule has 12 heteroatoms. The first-order chi connectivity index (χ1) is 15.8. The summed E-state index contributed by atoms with van der Waals surface area (Å²) in [6, 6.07) is 3.51. The number of nitrogens with one attached hydrogen (secondary N) is 3. The first kappa shape index (κ1) is 21.3. The van der Waals surface area contributed by atoms with Gasteiger partial charge < -0.3 is 15.6 Å². The van der Waals surface area contributed by atoms with Crippen LogP contribution in [-0.2, 0) is 6.18 Å². The lowest BCUT2D eigenvalue weighted by Crippen LogP contribution is -2.38. The van der Waals surface area contributed by atoms with Crippen molar-refractivity contribution >= 4 is 17.0 Å². The van der Waals surface area contributed by atoms with Crippen molar-refractivity contribution in [3.63, 3.8) is 0 Å².